The molecule has 1 N–H and O–H groups in total. The molecule has 0 bridgehead atoms. The quantitative estimate of drug-likeness (QED) is 0.550. The van der Waals surface area contributed by atoms with Crippen LogP contribution in [-0.4, -0.2) is 29.9 Å². The molecule has 136 valence electrons. The fourth-order valence-electron chi connectivity index (χ4n) is 2.81. The molecule has 0 aliphatic rings. The van der Waals surface area contributed by atoms with Crippen LogP contribution in [0, 0.1) is 0 Å². The molecule has 2 heterocycles. The van der Waals surface area contributed by atoms with Gasteiger partial charge in [-0.3, -0.25) is 0 Å². The molecular weight excluding hydrogens is 385 g/mol. The Bertz CT molecular complexity index is 1070. The van der Waals surface area contributed by atoms with Crippen molar-refractivity contribution in [2.24, 2.45) is 0 Å². The van der Waals surface area contributed by atoms with Crippen LogP contribution < -0.4 is 0 Å². The number of para-hydroxylation sites is 1. The van der Waals surface area contributed by atoms with Gasteiger partial charge in [0.1, 0.15) is 5.69 Å². The first-order valence-electron chi connectivity index (χ1n) is 8.23. The number of halogens is 2. The lowest BCUT2D eigenvalue weighted by Gasteiger charge is -2.05. The minimum Gasteiger partial charge on any atom is -0.390 e. The fraction of sp³-hybridized carbons (Fsp3) is 0.105. The van der Waals surface area contributed by atoms with Gasteiger partial charge in [-0.1, -0.05) is 46.6 Å². The summed E-state index contributed by atoms with van der Waals surface area (Å²) in [5.74, 6) is 0. The second-order valence-corrected chi connectivity index (χ2v) is 6.82. The van der Waals surface area contributed by atoms with E-state index in [1.807, 2.05) is 42.6 Å². The number of hydrogen-bond donors (Lipinski definition) is 1. The second-order valence-electron chi connectivity index (χ2n) is 5.97. The number of nitrogens with zero attached hydrogens (tertiary/aromatic N) is 5. The lowest BCUT2D eigenvalue weighted by Crippen LogP contribution is -2.01. The van der Waals surface area contributed by atoms with Gasteiger partial charge in [-0.2, -0.15) is 5.10 Å². The second kappa shape index (κ2) is 7.52. The molecular formula is C19H15Cl2N5O. The van der Waals surface area contributed by atoms with E-state index in [1.165, 1.54) is 0 Å². The summed E-state index contributed by atoms with van der Waals surface area (Å²) in [5, 5.41) is 23.0. The smallest absolute Gasteiger partial charge is 0.108 e. The third-order valence-corrected chi connectivity index (χ3v) is 4.63. The monoisotopic (exact) mass is 399 g/mol. The van der Waals surface area contributed by atoms with E-state index in [0.717, 1.165) is 22.5 Å². The van der Waals surface area contributed by atoms with Gasteiger partial charge < -0.3 is 5.11 Å². The Hall–Kier alpha value is -2.67. The van der Waals surface area contributed by atoms with Gasteiger partial charge >= 0.3 is 0 Å². The van der Waals surface area contributed by atoms with Crippen molar-refractivity contribution in [3.63, 3.8) is 0 Å². The number of hydrogen-bond acceptors (Lipinski definition) is 4. The zero-order valence-electron chi connectivity index (χ0n) is 14.1. The predicted octanol–water partition coefficient (Wildman–Crippen LogP) is 3.98. The number of aliphatic hydroxyl groups excluding tert-OH is 1. The molecule has 2 aromatic heterocycles. The minimum absolute atomic E-state index is 0.154. The van der Waals surface area contributed by atoms with Crippen LogP contribution in [0.25, 0.3) is 16.9 Å². The number of rotatable bonds is 5. The highest BCUT2D eigenvalue weighted by Crippen LogP contribution is 2.32. The Balaban J connectivity index is 1.80. The third-order valence-electron chi connectivity index (χ3n) is 4.08. The third kappa shape index (κ3) is 3.73. The largest absolute Gasteiger partial charge is 0.390 e. The van der Waals surface area contributed by atoms with E-state index >= 15 is 0 Å². The van der Waals surface area contributed by atoms with Crippen LogP contribution in [0.5, 0.6) is 0 Å². The topological polar surface area (TPSA) is 68.8 Å². The molecule has 4 aromatic rings. The molecule has 0 saturated heterocycles. The molecule has 4 rings (SSSR count). The summed E-state index contributed by atoms with van der Waals surface area (Å²) in [4.78, 5) is 0. The molecule has 0 fully saturated rings. The molecule has 0 amide bonds. The minimum atomic E-state index is -0.154. The summed E-state index contributed by atoms with van der Waals surface area (Å²) in [6.07, 6.45) is 3.64. The Kier molecular flexibility index (Phi) is 4.94. The number of benzene rings is 2. The highest BCUT2D eigenvalue weighted by Gasteiger charge is 2.16. The molecule has 2 aromatic carbocycles. The summed E-state index contributed by atoms with van der Waals surface area (Å²) in [5.41, 5.74) is 3.88. The van der Waals surface area contributed by atoms with E-state index in [-0.39, 0.29) is 6.61 Å². The van der Waals surface area contributed by atoms with Crippen molar-refractivity contribution < 1.29 is 5.11 Å². The maximum atomic E-state index is 9.20. The molecule has 0 unspecified atom stereocenters. The van der Waals surface area contributed by atoms with Gasteiger partial charge in [0.25, 0.3) is 0 Å². The zero-order chi connectivity index (χ0) is 18.8. The Labute approximate surface area is 165 Å². The average molecular weight is 400 g/mol. The van der Waals surface area contributed by atoms with Gasteiger partial charge in [-0.25, -0.2) is 9.36 Å². The highest BCUT2D eigenvalue weighted by atomic mass is 35.5. The van der Waals surface area contributed by atoms with Gasteiger partial charge in [0.2, 0.25) is 0 Å². The van der Waals surface area contributed by atoms with Gasteiger partial charge in [0.05, 0.1) is 35.8 Å². The normalized spacial score (nSPS) is 11.1. The lowest BCUT2D eigenvalue weighted by molar-refractivity contribution is 0.276. The van der Waals surface area contributed by atoms with Crippen molar-refractivity contribution in [2.75, 3.05) is 0 Å². The molecule has 0 saturated carbocycles. The van der Waals surface area contributed by atoms with Crippen molar-refractivity contribution >= 4 is 23.2 Å². The Morgan fingerprint density at radius 2 is 1.81 bits per heavy atom. The molecule has 0 atom stereocenters. The van der Waals surface area contributed by atoms with Crippen LogP contribution >= 0.6 is 23.2 Å². The van der Waals surface area contributed by atoms with Gasteiger partial charge in [0, 0.05) is 22.3 Å². The van der Waals surface area contributed by atoms with Crippen LogP contribution in [0.2, 0.25) is 10.0 Å². The molecule has 0 spiro atoms. The van der Waals surface area contributed by atoms with Gasteiger partial charge in [-0.05, 0) is 30.3 Å². The maximum Gasteiger partial charge on any atom is 0.108 e. The first-order chi connectivity index (χ1) is 13.1. The van der Waals surface area contributed by atoms with E-state index in [1.54, 1.807) is 27.7 Å². The molecule has 0 aliphatic heterocycles. The SMILES string of the molecule is OCc1cn(Cc2cn(-c3ccccc3)nc2-c2ccc(Cl)cc2Cl)nn1. The lowest BCUT2D eigenvalue weighted by atomic mass is 10.1. The van der Waals surface area contributed by atoms with Crippen LogP contribution in [0.1, 0.15) is 11.3 Å². The number of aliphatic hydroxyl groups is 1. The summed E-state index contributed by atoms with van der Waals surface area (Å²) in [6.45, 7) is 0.285. The van der Waals surface area contributed by atoms with Crippen molar-refractivity contribution in [3.05, 3.63) is 82.2 Å². The van der Waals surface area contributed by atoms with Crippen molar-refractivity contribution in [2.45, 2.75) is 13.2 Å². The van der Waals surface area contributed by atoms with Crippen molar-refractivity contribution in [1.29, 1.82) is 0 Å². The molecule has 6 nitrogen and oxygen atoms in total. The Morgan fingerprint density at radius 3 is 2.52 bits per heavy atom. The van der Waals surface area contributed by atoms with Gasteiger partial charge in [-0.15, -0.1) is 5.10 Å². The van der Waals surface area contributed by atoms with Crippen molar-refractivity contribution in [1.82, 2.24) is 24.8 Å². The van der Waals surface area contributed by atoms with Crippen LogP contribution in [0.15, 0.2) is 60.9 Å². The standard InChI is InChI=1S/C19H15Cl2N5O/c20-14-6-7-17(18(21)8-14)19-13(9-25-11-15(12-27)22-24-25)10-26(23-19)16-4-2-1-3-5-16/h1-8,10-11,27H,9,12H2. The first-order valence-corrected chi connectivity index (χ1v) is 8.99. The predicted molar refractivity (Wildman–Crippen MR) is 104 cm³/mol. The summed E-state index contributed by atoms with van der Waals surface area (Å²) in [6, 6.07) is 15.2. The number of aromatic nitrogens is 5. The van der Waals surface area contributed by atoms with E-state index in [4.69, 9.17) is 28.3 Å². The highest BCUT2D eigenvalue weighted by molar-refractivity contribution is 6.36. The molecule has 0 radical (unpaired) electrons. The van der Waals surface area contributed by atoms with Crippen LogP contribution in [0.3, 0.4) is 0 Å². The zero-order valence-corrected chi connectivity index (χ0v) is 15.6. The van der Waals surface area contributed by atoms with Gasteiger partial charge in [0.15, 0.2) is 0 Å². The van der Waals surface area contributed by atoms with E-state index in [9.17, 15) is 5.11 Å². The summed E-state index contributed by atoms with van der Waals surface area (Å²) in [7, 11) is 0. The van der Waals surface area contributed by atoms with Crippen molar-refractivity contribution in [3.8, 4) is 16.9 Å². The maximum absolute atomic E-state index is 9.20. The molecule has 0 aliphatic carbocycles. The fourth-order valence-corrected chi connectivity index (χ4v) is 3.31. The molecule has 27 heavy (non-hydrogen) atoms. The van der Waals surface area contributed by atoms with E-state index < -0.39 is 0 Å². The van der Waals surface area contributed by atoms with E-state index in [0.29, 0.717) is 22.3 Å². The summed E-state index contributed by atoms with van der Waals surface area (Å²) >= 11 is 12.5. The Morgan fingerprint density at radius 1 is 1.00 bits per heavy atom. The summed E-state index contributed by atoms with van der Waals surface area (Å²) < 4.78 is 3.46. The first kappa shape index (κ1) is 17.7. The molecule has 8 heteroatoms. The van der Waals surface area contributed by atoms with Crippen LogP contribution in [0.4, 0.5) is 0 Å². The van der Waals surface area contributed by atoms with E-state index in [2.05, 4.69) is 10.3 Å². The average Bonchev–Trinajstić information content (AvgIpc) is 3.30. The van der Waals surface area contributed by atoms with Crippen LogP contribution in [-0.2, 0) is 13.2 Å².